The summed E-state index contributed by atoms with van der Waals surface area (Å²) in [5, 5.41) is 4.83. The Labute approximate surface area is 111 Å². The number of halogens is 1. The molecule has 1 saturated carbocycles. The standard InChI is InChI=1S/C12H22BrNOS/c1-16-11-7-3-2-6-10(11)14-12(15)8-4-5-9-13/h10-11H,2-9H2,1H3,(H,14,15). The van der Waals surface area contributed by atoms with Gasteiger partial charge >= 0.3 is 0 Å². The van der Waals surface area contributed by atoms with Gasteiger partial charge in [-0.05, 0) is 31.9 Å². The van der Waals surface area contributed by atoms with Gasteiger partial charge in [-0.3, -0.25) is 4.79 Å². The lowest BCUT2D eigenvalue weighted by atomic mass is 9.94. The van der Waals surface area contributed by atoms with Crippen molar-refractivity contribution in [3.8, 4) is 0 Å². The van der Waals surface area contributed by atoms with Gasteiger partial charge in [-0.15, -0.1) is 0 Å². The number of carbonyl (C=O) groups is 1. The second-order valence-electron chi connectivity index (χ2n) is 4.38. The Morgan fingerprint density at radius 3 is 2.81 bits per heavy atom. The first-order valence-electron chi connectivity index (χ1n) is 6.16. The summed E-state index contributed by atoms with van der Waals surface area (Å²) in [6.45, 7) is 0. The Kier molecular flexibility index (Phi) is 7.54. The summed E-state index contributed by atoms with van der Waals surface area (Å²) >= 11 is 5.29. The summed E-state index contributed by atoms with van der Waals surface area (Å²) in [5.41, 5.74) is 0. The normalized spacial score (nSPS) is 25.4. The van der Waals surface area contributed by atoms with Crippen molar-refractivity contribution in [1.82, 2.24) is 5.32 Å². The van der Waals surface area contributed by atoms with Crippen LogP contribution in [0.3, 0.4) is 0 Å². The van der Waals surface area contributed by atoms with Crippen LogP contribution in [-0.2, 0) is 4.79 Å². The minimum Gasteiger partial charge on any atom is -0.352 e. The maximum Gasteiger partial charge on any atom is 0.220 e. The van der Waals surface area contributed by atoms with Gasteiger partial charge in [0.05, 0.1) is 0 Å². The number of carbonyl (C=O) groups excluding carboxylic acids is 1. The zero-order valence-corrected chi connectivity index (χ0v) is 12.4. The number of rotatable bonds is 6. The lowest BCUT2D eigenvalue weighted by Crippen LogP contribution is -2.43. The van der Waals surface area contributed by atoms with Gasteiger partial charge in [0.25, 0.3) is 0 Å². The maximum absolute atomic E-state index is 11.7. The third-order valence-electron chi connectivity index (χ3n) is 3.14. The highest BCUT2D eigenvalue weighted by molar-refractivity contribution is 9.09. The molecule has 1 fully saturated rings. The van der Waals surface area contributed by atoms with Crippen molar-refractivity contribution < 1.29 is 4.79 Å². The Bertz CT molecular complexity index is 213. The molecule has 2 atom stereocenters. The van der Waals surface area contributed by atoms with Crippen molar-refractivity contribution in [2.24, 2.45) is 0 Å². The van der Waals surface area contributed by atoms with Gasteiger partial charge < -0.3 is 5.32 Å². The average Bonchev–Trinajstić information content (AvgIpc) is 2.30. The highest BCUT2D eigenvalue weighted by Crippen LogP contribution is 2.27. The van der Waals surface area contributed by atoms with Crippen molar-refractivity contribution in [1.29, 1.82) is 0 Å². The van der Waals surface area contributed by atoms with E-state index in [0.717, 1.165) is 24.6 Å². The van der Waals surface area contributed by atoms with Gasteiger partial charge in [0, 0.05) is 23.0 Å². The third-order valence-corrected chi connectivity index (χ3v) is 4.87. The smallest absolute Gasteiger partial charge is 0.220 e. The molecule has 0 radical (unpaired) electrons. The van der Waals surface area contributed by atoms with E-state index in [4.69, 9.17) is 0 Å². The molecule has 0 heterocycles. The number of hydrogen-bond donors (Lipinski definition) is 1. The molecule has 0 aliphatic heterocycles. The van der Waals surface area contributed by atoms with E-state index < -0.39 is 0 Å². The SMILES string of the molecule is CSC1CCCCC1NC(=O)CCCCBr. The molecule has 2 unspecified atom stereocenters. The predicted octanol–water partition coefficient (Wildman–Crippen LogP) is 3.34. The zero-order chi connectivity index (χ0) is 11.8. The monoisotopic (exact) mass is 307 g/mol. The number of hydrogen-bond acceptors (Lipinski definition) is 2. The van der Waals surface area contributed by atoms with Crippen LogP contribution in [-0.4, -0.2) is 28.8 Å². The van der Waals surface area contributed by atoms with E-state index in [-0.39, 0.29) is 5.91 Å². The van der Waals surface area contributed by atoms with E-state index in [1.165, 1.54) is 19.3 Å². The second-order valence-corrected chi connectivity index (χ2v) is 6.25. The Morgan fingerprint density at radius 1 is 1.38 bits per heavy atom. The van der Waals surface area contributed by atoms with Crippen molar-refractivity contribution in [2.45, 2.75) is 56.2 Å². The minimum absolute atomic E-state index is 0.243. The molecule has 0 bridgehead atoms. The van der Waals surface area contributed by atoms with E-state index in [1.807, 2.05) is 11.8 Å². The fourth-order valence-corrected chi connectivity index (χ4v) is 3.53. The molecule has 0 saturated heterocycles. The molecule has 4 heteroatoms. The molecule has 1 N–H and O–H groups in total. The Hall–Kier alpha value is 0.300. The lowest BCUT2D eigenvalue weighted by Gasteiger charge is -2.30. The topological polar surface area (TPSA) is 29.1 Å². The average molecular weight is 308 g/mol. The first kappa shape index (κ1) is 14.4. The van der Waals surface area contributed by atoms with Crippen LogP contribution in [0.1, 0.15) is 44.9 Å². The number of thioether (sulfide) groups is 1. The predicted molar refractivity (Wildman–Crippen MR) is 75.3 cm³/mol. The molecule has 0 aromatic carbocycles. The Morgan fingerprint density at radius 2 is 2.12 bits per heavy atom. The molecule has 1 amide bonds. The quantitative estimate of drug-likeness (QED) is 0.602. The van der Waals surface area contributed by atoms with Crippen LogP contribution in [0.25, 0.3) is 0 Å². The van der Waals surface area contributed by atoms with Crippen LogP contribution in [0.2, 0.25) is 0 Å². The van der Waals surface area contributed by atoms with Crippen LogP contribution in [0, 0.1) is 0 Å². The van der Waals surface area contributed by atoms with Crippen LogP contribution >= 0.6 is 27.7 Å². The fourth-order valence-electron chi connectivity index (χ4n) is 2.20. The van der Waals surface area contributed by atoms with E-state index in [9.17, 15) is 4.79 Å². The summed E-state index contributed by atoms with van der Waals surface area (Å²) in [5.74, 6) is 0.243. The van der Waals surface area contributed by atoms with Crippen molar-refractivity contribution in [3.05, 3.63) is 0 Å². The molecule has 0 aromatic rings. The Balaban J connectivity index is 2.25. The van der Waals surface area contributed by atoms with Crippen LogP contribution < -0.4 is 5.32 Å². The summed E-state index contributed by atoms with van der Waals surface area (Å²) in [6, 6.07) is 0.417. The second kappa shape index (κ2) is 8.40. The molecule has 1 aliphatic rings. The van der Waals surface area contributed by atoms with E-state index in [0.29, 0.717) is 17.7 Å². The summed E-state index contributed by atoms with van der Waals surface area (Å²) in [6.07, 6.45) is 9.93. The number of unbranched alkanes of at least 4 members (excludes halogenated alkanes) is 1. The van der Waals surface area contributed by atoms with Crippen molar-refractivity contribution >= 4 is 33.6 Å². The number of alkyl halides is 1. The molecule has 2 nitrogen and oxygen atoms in total. The van der Waals surface area contributed by atoms with E-state index in [1.54, 1.807) is 0 Å². The molecule has 16 heavy (non-hydrogen) atoms. The molecule has 0 aromatic heterocycles. The van der Waals surface area contributed by atoms with E-state index >= 15 is 0 Å². The summed E-state index contributed by atoms with van der Waals surface area (Å²) in [4.78, 5) is 11.7. The number of nitrogens with one attached hydrogen (secondary N) is 1. The van der Waals surface area contributed by atoms with Gasteiger partial charge in [0.15, 0.2) is 0 Å². The molecular weight excluding hydrogens is 286 g/mol. The third kappa shape index (κ3) is 5.09. The van der Waals surface area contributed by atoms with Crippen LogP contribution in [0.4, 0.5) is 0 Å². The van der Waals surface area contributed by atoms with Crippen molar-refractivity contribution in [3.63, 3.8) is 0 Å². The first-order chi connectivity index (χ1) is 7.77. The van der Waals surface area contributed by atoms with Crippen LogP contribution in [0.15, 0.2) is 0 Å². The summed E-state index contributed by atoms with van der Waals surface area (Å²) in [7, 11) is 0. The molecular formula is C12H22BrNOS. The summed E-state index contributed by atoms with van der Waals surface area (Å²) < 4.78 is 0. The molecule has 94 valence electrons. The molecule has 1 rings (SSSR count). The highest BCUT2D eigenvalue weighted by atomic mass is 79.9. The van der Waals surface area contributed by atoms with Gasteiger partial charge in [-0.25, -0.2) is 0 Å². The minimum atomic E-state index is 0.243. The highest BCUT2D eigenvalue weighted by Gasteiger charge is 2.25. The van der Waals surface area contributed by atoms with Gasteiger partial charge in [-0.2, -0.15) is 11.8 Å². The van der Waals surface area contributed by atoms with Crippen LogP contribution in [0.5, 0.6) is 0 Å². The van der Waals surface area contributed by atoms with Gasteiger partial charge in [0.1, 0.15) is 0 Å². The van der Waals surface area contributed by atoms with Gasteiger partial charge in [0.2, 0.25) is 5.91 Å². The lowest BCUT2D eigenvalue weighted by molar-refractivity contribution is -0.122. The number of amides is 1. The van der Waals surface area contributed by atoms with Crippen molar-refractivity contribution in [2.75, 3.05) is 11.6 Å². The molecule has 1 aliphatic carbocycles. The van der Waals surface area contributed by atoms with E-state index in [2.05, 4.69) is 27.5 Å². The first-order valence-corrected chi connectivity index (χ1v) is 8.57. The molecule has 0 spiro atoms. The van der Waals surface area contributed by atoms with Gasteiger partial charge in [-0.1, -0.05) is 28.8 Å². The maximum atomic E-state index is 11.7. The fraction of sp³-hybridized carbons (Fsp3) is 0.917. The zero-order valence-electron chi connectivity index (χ0n) is 10.0. The largest absolute Gasteiger partial charge is 0.352 e.